The zero-order valence-electron chi connectivity index (χ0n) is 14.4. The Bertz CT molecular complexity index is 1130. The number of fused-ring (bicyclic) bond motifs is 1. The quantitative estimate of drug-likeness (QED) is 0.589. The van der Waals surface area contributed by atoms with Crippen LogP contribution in [0.25, 0.3) is 17.2 Å². The van der Waals surface area contributed by atoms with E-state index < -0.39 is 0 Å². The Kier molecular flexibility index (Phi) is 3.79. The summed E-state index contributed by atoms with van der Waals surface area (Å²) in [7, 11) is 0. The molecule has 9 nitrogen and oxygen atoms in total. The van der Waals surface area contributed by atoms with Crippen molar-refractivity contribution in [3.63, 3.8) is 0 Å². The van der Waals surface area contributed by atoms with E-state index in [9.17, 15) is 4.79 Å². The van der Waals surface area contributed by atoms with Gasteiger partial charge in [0.05, 0.1) is 11.7 Å². The lowest BCUT2D eigenvalue weighted by molar-refractivity contribution is 0.199. The van der Waals surface area contributed by atoms with Crippen LogP contribution >= 0.6 is 0 Å². The van der Waals surface area contributed by atoms with Crippen LogP contribution in [0.2, 0.25) is 0 Å². The van der Waals surface area contributed by atoms with Crippen molar-refractivity contribution in [2.75, 3.05) is 6.54 Å². The molecule has 1 aliphatic heterocycles. The highest BCUT2D eigenvalue weighted by Gasteiger charge is 2.31. The minimum absolute atomic E-state index is 0.0226. The minimum Gasteiger partial charge on any atom is -0.337 e. The van der Waals surface area contributed by atoms with Crippen molar-refractivity contribution in [2.45, 2.75) is 25.4 Å². The van der Waals surface area contributed by atoms with Gasteiger partial charge in [-0.05, 0) is 19.4 Å². The lowest BCUT2D eigenvalue weighted by atomic mass is 10.2. The van der Waals surface area contributed by atoms with Crippen LogP contribution in [0, 0.1) is 0 Å². The van der Waals surface area contributed by atoms with Crippen LogP contribution in [-0.2, 0) is 6.54 Å². The van der Waals surface area contributed by atoms with Crippen LogP contribution in [0.3, 0.4) is 0 Å². The van der Waals surface area contributed by atoms with Gasteiger partial charge in [-0.3, -0.25) is 14.8 Å². The molecule has 9 heteroatoms. The fraction of sp³-hybridized carbons (Fsp3) is 0.278. The van der Waals surface area contributed by atoms with Crippen LogP contribution in [0.4, 0.5) is 0 Å². The van der Waals surface area contributed by atoms with Gasteiger partial charge < -0.3 is 4.52 Å². The van der Waals surface area contributed by atoms with Crippen LogP contribution in [0.1, 0.15) is 30.5 Å². The van der Waals surface area contributed by atoms with E-state index in [0.29, 0.717) is 29.7 Å². The standard InChI is InChI=1S/C18H17N7O2/c26-15-9-13(21-18-19-11-20-25(15)18)10-24-8-4-7-14(24)17-22-16(23-27-17)12-5-2-1-3-6-12/h1-3,5-6,9,11,14H,4,7-8,10H2,(H,19,20,21)/t14-/m1/s1. The van der Waals surface area contributed by atoms with Crippen LogP contribution in [-0.4, -0.2) is 41.2 Å². The third-order valence-electron chi connectivity index (χ3n) is 4.81. The maximum atomic E-state index is 12.1. The van der Waals surface area contributed by atoms with Gasteiger partial charge in [0.2, 0.25) is 11.7 Å². The Balaban J connectivity index is 1.40. The molecule has 1 aromatic carbocycles. The number of nitrogens with zero attached hydrogens (tertiary/aromatic N) is 6. The monoisotopic (exact) mass is 363 g/mol. The van der Waals surface area contributed by atoms with Crippen molar-refractivity contribution in [2.24, 2.45) is 0 Å². The SMILES string of the molecule is O=c1cc(CN2CCC[C@@H]2c2nc(-c3ccccc3)no2)nc2nc[nH]n12. The van der Waals surface area contributed by atoms with E-state index in [1.165, 1.54) is 16.9 Å². The summed E-state index contributed by atoms with van der Waals surface area (Å²) in [6, 6.07) is 11.3. The maximum Gasteiger partial charge on any atom is 0.274 e. The summed E-state index contributed by atoms with van der Waals surface area (Å²) in [6.45, 7) is 1.42. The summed E-state index contributed by atoms with van der Waals surface area (Å²) < 4.78 is 6.86. The lowest BCUT2D eigenvalue weighted by Crippen LogP contribution is -2.25. The molecule has 0 aliphatic carbocycles. The number of likely N-dealkylation sites (tertiary alicyclic amines) is 1. The minimum atomic E-state index is -0.174. The second-order valence-corrected chi connectivity index (χ2v) is 6.56. The predicted molar refractivity (Wildman–Crippen MR) is 95.7 cm³/mol. The number of aromatic amines is 1. The molecule has 1 N–H and O–H groups in total. The first-order chi connectivity index (χ1) is 13.3. The molecule has 136 valence electrons. The van der Waals surface area contributed by atoms with E-state index in [1.54, 1.807) is 0 Å². The molecule has 4 aromatic rings. The lowest BCUT2D eigenvalue weighted by Gasteiger charge is -2.20. The van der Waals surface area contributed by atoms with Gasteiger partial charge in [0, 0.05) is 18.2 Å². The Hall–Kier alpha value is -3.33. The molecule has 3 aromatic heterocycles. The number of H-pyrrole nitrogens is 1. The molecule has 0 spiro atoms. The van der Waals surface area contributed by atoms with Gasteiger partial charge in [-0.2, -0.15) is 9.50 Å². The number of hydrogen-bond donors (Lipinski definition) is 1. The van der Waals surface area contributed by atoms with E-state index in [-0.39, 0.29) is 11.6 Å². The van der Waals surface area contributed by atoms with Gasteiger partial charge in [-0.25, -0.2) is 9.97 Å². The number of benzene rings is 1. The van der Waals surface area contributed by atoms with E-state index in [4.69, 9.17) is 4.52 Å². The predicted octanol–water partition coefficient (Wildman–Crippen LogP) is 1.80. The summed E-state index contributed by atoms with van der Waals surface area (Å²) in [6.07, 6.45) is 3.41. The molecule has 4 heterocycles. The fourth-order valence-corrected chi connectivity index (χ4v) is 3.53. The van der Waals surface area contributed by atoms with Gasteiger partial charge in [0.15, 0.2) is 0 Å². The zero-order valence-corrected chi connectivity index (χ0v) is 14.4. The number of aromatic nitrogens is 6. The largest absolute Gasteiger partial charge is 0.337 e. The maximum absolute atomic E-state index is 12.1. The highest BCUT2D eigenvalue weighted by molar-refractivity contribution is 5.53. The van der Waals surface area contributed by atoms with Crippen molar-refractivity contribution in [1.82, 2.24) is 34.6 Å². The Morgan fingerprint density at radius 3 is 3.00 bits per heavy atom. The molecule has 5 rings (SSSR count). The molecule has 1 atom stereocenters. The molecule has 0 amide bonds. The third-order valence-corrected chi connectivity index (χ3v) is 4.81. The smallest absolute Gasteiger partial charge is 0.274 e. The normalized spacial score (nSPS) is 17.7. The van der Waals surface area contributed by atoms with E-state index >= 15 is 0 Å². The van der Waals surface area contributed by atoms with Crippen LogP contribution in [0.5, 0.6) is 0 Å². The first kappa shape index (κ1) is 15.9. The molecule has 1 saturated heterocycles. The Morgan fingerprint density at radius 1 is 1.22 bits per heavy atom. The number of hydrogen-bond acceptors (Lipinski definition) is 7. The topological polar surface area (TPSA) is 105 Å². The second-order valence-electron chi connectivity index (χ2n) is 6.56. The third kappa shape index (κ3) is 2.91. The van der Waals surface area contributed by atoms with Gasteiger partial charge in [0.25, 0.3) is 11.3 Å². The Labute approximate surface area is 153 Å². The Morgan fingerprint density at radius 2 is 2.11 bits per heavy atom. The summed E-state index contributed by atoms with van der Waals surface area (Å²) in [5.41, 5.74) is 1.44. The van der Waals surface area contributed by atoms with Crippen molar-refractivity contribution in [1.29, 1.82) is 0 Å². The van der Waals surface area contributed by atoms with Gasteiger partial charge >= 0.3 is 0 Å². The molecular weight excluding hydrogens is 346 g/mol. The number of nitrogens with one attached hydrogen (secondary N) is 1. The van der Waals surface area contributed by atoms with Crippen molar-refractivity contribution >= 4 is 5.78 Å². The molecule has 0 bridgehead atoms. The van der Waals surface area contributed by atoms with Crippen LogP contribution < -0.4 is 5.56 Å². The highest BCUT2D eigenvalue weighted by atomic mass is 16.5. The van der Waals surface area contributed by atoms with Gasteiger partial charge in [0.1, 0.15) is 6.33 Å². The first-order valence-corrected chi connectivity index (χ1v) is 8.83. The first-order valence-electron chi connectivity index (χ1n) is 8.83. The van der Waals surface area contributed by atoms with Crippen LogP contribution in [0.15, 0.2) is 52.0 Å². The highest BCUT2D eigenvalue weighted by Crippen LogP contribution is 2.32. The average molecular weight is 363 g/mol. The molecule has 0 saturated carbocycles. The molecular formula is C18H17N7O2. The molecule has 0 radical (unpaired) electrons. The summed E-state index contributed by atoms with van der Waals surface area (Å²) in [5, 5.41) is 6.87. The summed E-state index contributed by atoms with van der Waals surface area (Å²) in [5.74, 6) is 1.56. The zero-order chi connectivity index (χ0) is 18.2. The number of rotatable bonds is 4. The molecule has 0 unspecified atom stereocenters. The van der Waals surface area contributed by atoms with Crippen molar-refractivity contribution < 1.29 is 4.52 Å². The van der Waals surface area contributed by atoms with E-state index in [1.807, 2.05) is 30.3 Å². The molecule has 1 aliphatic rings. The molecule has 1 fully saturated rings. The summed E-state index contributed by atoms with van der Waals surface area (Å²) >= 11 is 0. The fourth-order valence-electron chi connectivity index (χ4n) is 3.53. The summed E-state index contributed by atoms with van der Waals surface area (Å²) in [4.78, 5) is 27.5. The van der Waals surface area contributed by atoms with Gasteiger partial charge in [-0.1, -0.05) is 35.5 Å². The molecule has 27 heavy (non-hydrogen) atoms. The van der Waals surface area contributed by atoms with Gasteiger partial charge in [-0.15, -0.1) is 0 Å². The van der Waals surface area contributed by atoms with Crippen molar-refractivity contribution in [3.05, 3.63) is 64.7 Å². The van der Waals surface area contributed by atoms with E-state index in [0.717, 1.165) is 24.9 Å². The average Bonchev–Trinajstić information content (AvgIpc) is 3.42. The second kappa shape index (κ2) is 6.44. The van der Waals surface area contributed by atoms with E-state index in [2.05, 4.69) is 30.1 Å². The van der Waals surface area contributed by atoms with Crippen molar-refractivity contribution in [3.8, 4) is 11.4 Å².